The molecule has 3 nitrogen and oxygen atoms in total. The van der Waals surface area contributed by atoms with Crippen LogP contribution in [-0.2, 0) is 4.79 Å². The standard InChI is InChI=1S/C10H8INO2S/c11-7(5-13)6-15-10-12-8-3-1-2-4-9(8)14-10/h1-5,7H,6H2. The minimum atomic E-state index is 0.00242. The predicted molar refractivity (Wildman–Crippen MR) is 68.6 cm³/mol. The van der Waals surface area contributed by atoms with E-state index in [1.54, 1.807) is 0 Å². The first kappa shape index (κ1) is 10.9. The van der Waals surface area contributed by atoms with Gasteiger partial charge in [-0.15, -0.1) is 0 Å². The fourth-order valence-corrected chi connectivity index (χ4v) is 2.33. The van der Waals surface area contributed by atoms with Crippen LogP contribution in [0.1, 0.15) is 0 Å². The van der Waals surface area contributed by atoms with Crippen LogP contribution in [0, 0.1) is 0 Å². The molecule has 0 saturated heterocycles. The molecule has 0 saturated carbocycles. The first-order valence-electron chi connectivity index (χ1n) is 4.37. The molecule has 0 aliphatic carbocycles. The molecule has 0 aliphatic rings. The van der Waals surface area contributed by atoms with Gasteiger partial charge in [0.05, 0.1) is 3.92 Å². The quantitative estimate of drug-likeness (QED) is 0.373. The molecule has 0 fully saturated rings. The van der Waals surface area contributed by atoms with Crippen molar-refractivity contribution >= 4 is 51.7 Å². The highest BCUT2D eigenvalue weighted by Gasteiger charge is 2.08. The lowest BCUT2D eigenvalue weighted by molar-refractivity contribution is -0.106. The van der Waals surface area contributed by atoms with Crippen molar-refractivity contribution in [1.82, 2.24) is 4.98 Å². The number of hydrogen-bond acceptors (Lipinski definition) is 4. The summed E-state index contributed by atoms with van der Waals surface area (Å²) in [6.07, 6.45) is 0.927. The fourth-order valence-electron chi connectivity index (χ4n) is 1.10. The molecule has 0 spiro atoms. The van der Waals surface area contributed by atoms with Gasteiger partial charge in [0.25, 0.3) is 5.22 Å². The molecule has 5 heteroatoms. The third-order valence-electron chi connectivity index (χ3n) is 1.79. The number of alkyl halides is 1. The van der Waals surface area contributed by atoms with E-state index in [1.807, 2.05) is 24.3 Å². The van der Waals surface area contributed by atoms with Crippen LogP contribution in [0.2, 0.25) is 0 Å². The van der Waals surface area contributed by atoms with E-state index in [0.717, 1.165) is 17.4 Å². The molecule has 1 atom stereocenters. The third kappa shape index (κ3) is 2.72. The summed E-state index contributed by atoms with van der Waals surface area (Å²) in [5, 5.41) is 0.625. The summed E-state index contributed by atoms with van der Waals surface area (Å²) in [5.74, 6) is 0.691. The van der Waals surface area contributed by atoms with Gasteiger partial charge in [0.15, 0.2) is 5.58 Å². The van der Waals surface area contributed by atoms with Crippen LogP contribution in [0.15, 0.2) is 33.9 Å². The first-order valence-corrected chi connectivity index (χ1v) is 6.60. The van der Waals surface area contributed by atoms with Crippen molar-refractivity contribution in [1.29, 1.82) is 0 Å². The van der Waals surface area contributed by atoms with Gasteiger partial charge < -0.3 is 9.21 Å². The van der Waals surface area contributed by atoms with Crippen molar-refractivity contribution in [2.45, 2.75) is 9.15 Å². The molecule has 15 heavy (non-hydrogen) atoms. The number of thioether (sulfide) groups is 1. The number of fused-ring (bicyclic) bond motifs is 1. The summed E-state index contributed by atoms with van der Waals surface area (Å²) >= 11 is 3.55. The summed E-state index contributed by atoms with van der Waals surface area (Å²) in [6, 6.07) is 7.62. The van der Waals surface area contributed by atoms with E-state index >= 15 is 0 Å². The number of aldehydes is 1. The topological polar surface area (TPSA) is 43.1 Å². The maximum atomic E-state index is 10.4. The molecular weight excluding hydrogens is 325 g/mol. The fraction of sp³-hybridized carbons (Fsp3) is 0.200. The van der Waals surface area contributed by atoms with E-state index in [2.05, 4.69) is 27.6 Å². The summed E-state index contributed by atoms with van der Waals surface area (Å²) in [4.78, 5) is 14.7. The van der Waals surface area contributed by atoms with Gasteiger partial charge in [-0.1, -0.05) is 46.5 Å². The highest BCUT2D eigenvalue weighted by atomic mass is 127. The first-order chi connectivity index (χ1) is 7.29. The Hall–Kier alpha value is -0.560. The smallest absolute Gasteiger partial charge is 0.256 e. The summed E-state index contributed by atoms with van der Waals surface area (Å²) in [6.45, 7) is 0. The normalized spacial score (nSPS) is 12.9. The lowest BCUT2D eigenvalue weighted by Gasteiger charge is -1.96. The van der Waals surface area contributed by atoms with Gasteiger partial charge in [0.1, 0.15) is 11.8 Å². The molecule has 0 aliphatic heterocycles. The summed E-state index contributed by atoms with van der Waals surface area (Å²) < 4.78 is 5.50. The van der Waals surface area contributed by atoms with Gasteiger partial charge in [-0.3, -0.25) is 0 Å². The monoisotopic (exact) mass is 333 g/mol. The zero-order valence-electron chi connectivity index (χ0n) is 7.72. The average molecular weight is 333 g/mol. The molecule has 0 radical (unpaired) electrons. The van der Waals surface area contributed by atoms with Gasteiger partial charge in [-0.25, -0.2) is 4.98 Å². The minimum Gasteiger partial charge on any atom is -0.431 e. The molecule has 1 aromatic carbocycles. The number of aromatic nitrogens is 1. The van der Waals surface area contributed by atoms with Crippen LogP contribution in [0.25, 0.3) is 11.1 Å². The summed E-state index contributed by atoms with van der Waals surface area (Å²) in [7, 11) is 0. The third-order valence-corrected chi connectivity index (χ3v) is 4.07. The number of nitrogens with zero attached hydrogens (tertiary/aromatic N) is 1. The Morgan fingerprint density at radius 1 is 1.53 bits per heavy atom. The average Bonchev–Trinajstić information content (AvgIpc) is 2.68. The van der Waals surface area contributed by atoms with Crippen molar-refractivity contribution in [3.63, 3.8) is 0 Å². The van der Waals surface area contributed by atoms with Crippen molar-refractivity contribution < 1.29 is 9.21 Å². The molecule has 1 heterocycles. The molecule has 2 rings (SSSR count). The molecule has 1 aromatic heterocycles. The maximum absolute atomic E-state index is 10.4. The molecular formula is C10H8INO2S. The second-order valence-corrected chi connectivity index (χ2v) is 5.48. The van der Waals surface area contributed by atoms with Crippen molar-refractivity contribution in [2.24, 2.45) is 0 Å². The Labute approximate surface area is 105 Å². The number of halogens is 1. The molecule has 0 amide bonds. The number of para-hydroxylation sites is 2. The van der Waals surface area contributed by atoms with E-state index < -0.39 is 0 Å². The number of hydrogen-bond donors (Lipinski definition) is 0. The SMILES string of the molecule is O=CC(I)CSc1nc2ccccc2o1. The number of carbonyl (C=O) groups excluding carboxylic acids is 1. The van der Waals surface area contributed by atoms with Gasteiger partial charge in [-0.05, 0) is 12.1 Å². The van der Waals surface area contributed by atoms with E-state index in [-0.39, 0.29) is 3.92 Å². The Kier molecular flexibility index (Phi) is 3.63. The lowest BCUT2D eigenvalue weighted by atomic mass is 10.3. The van der Waals surface area contributed by atoms with Crippen LogP contribution in [0.5, 0.6) is 0 Å². The highest BCUT2D eigenvalue weighted by Crippen LogP contribution is 2.24. The Balaban J connectivity index is 2.12. The Morgan fingerprint density at radius 3 is 3.07 bits per heavy atom. The van der Waals surface area contributed by atoms with E-state index in [4.69, 9.17) is 4.42 Å². The zero-order chi connectivity index (χ0) is 10.7. The second kappa shape index (κ2) is 4.98. The van der Waals surface area contributed by atoms with Crippen LogP contribution in [0.3, 0.4) is 0 Å². The lowest BCUT2D eigenvalue weighted by Crippen LogP contribution is -2.01. The molecule has 0 N–H and O–H groups in total. The van der Waals surface area contributed by atoms with Gasteiger partial charge in [0.2, 0.25) is 0 Å². The Morgan fingerprint density at radius 2 is 2.33 bits per heavy atom. The molecule has 1 unspecified atom stereocenters. The molecule has 78 valence electrons. The number of oxazole rings is 1. The second-order valence-electron chi connectivity index (χ2n) is 2.91. The van der Waals surface area contributed by atoms with Crippen molar-refractivity contribution in [3.8, 4) is 0 Å². The highest BCUT2D eigenvalue weighted by molar-refractivity contribution is 14.1. The number of benzene rings is 1. The van der Waals surface area contributed by atoms with Crippen LogP contribution in [0.4, 0.5) is 0 Å². The van der Waals surface area contributed by atoms with Crippen molar-refractivity contribution in [3.05, 3.63) is 24.3 Å². The van der Waals surface area contributed by atoms with Crippen LogP contribution in [-0.4, -0.2) is 20.9 Å². The van der Waals surface area contributed by atoms with E-state index in [0.29, 0.717) is 11.0 Å². The minimum absolute atomic E-state index is 0.00242. The van der Waals surface area contributed by atoms with Crippen LogP contribution < -0.4 is 0 Å². The van der Waals surface area contributed by atoms with Gasteiger partial charge in [0, 0.05) is 5.75 Å². The summed E-state index contributed by atoms with van der Waals surface area (Å²) in [5.41, 5.74) is 1.65. The van der Waals surface area contributed by atoms with Crippen LogP contribution >= 0.6 is 34.4 Å². The zero-order valence-corrected chi connectivity index (χ0v) is 10.7. The van der Waals surface area contributed by atoms with Gasteiger partial charge in [-0.2, -0.15) is 0 Å². The number of carbonyl (C=O) groups is 1. The van der Waals surface area contributed by atoms with Crippen molar-refractivity contribution in [2.75, 3.05) is 5.75 Å². The van der Waals surface area contributed by atoms with E-state index in [9.17, 15) is 4.79 Å². The maximum Gasteiger partial charge on any atom is 0.256 e. The Bertz CT molecular complexity index is 438. The number of rotatable bonds is 4. The molecule has 2 aromatic rings. The molecule has 0 bridgehead atoms. The predicted octanol–water partition coefficient (Wildman–Crippen LogP) is 2.92. The largest absolute Gasteiger partial charge is 0.431 e. The van der Waals surface area contributed by atoms with Gasteiger partial charge >= 0.3 is 0 Å². The van der Waals surface area contributed by atoms with E-state index in [1.165, 1.54) is 11.8 Å².